The third-order valence-corrected chi connectivity index (χ3v) is 3.50. The lowest BCUT2D eigenvalue weighted by Crippen LogP contribution is -2.36. The van der Waals surface area contributed by atoms with Crippen molar-refractivity contribution in [2.24, 2.45) is 0 Å². The van der Waals surface area contributed by atoms with Crippen LogP contribution < -0.4 is 0 Å². The number of hydrogen-bond acceptors (Lipinski definition) is 4. The molecule has 1 aromatic carbocycles. The molecule has 19 heavy (non-hydrogen) atoms. The Morgan fingerprint density at radius 1 is 1.37 bits per heavy atom. The van der Waals surface area contributed by atoms with Crippen molar-refractivity contribution in [3.63, 3.8) is 0 Å². The highest BCUT2D eigenvalue weighted by atomic mass is 16.6. The first kappa shape index (κ1) is 14.0. The van der Waals surface area contributed by atoms with Crippen LogP contribution in [0.2, 0.25) is 0 Å². The molecule has 0 bridgehead atoms. The highest BCUT2D eigenvalue weighted by Gasteiger charge is 2.11. The molecule has 0 aliphatic carbocycles. The van der Waals surface area contributed by atoms with Gasteiger partial charge in [-0.05, 0) is 37.9 Å². The van der Waals surface area contributed by atoms with Gasteiger partial charge in [-0.15, -0.1) is 0 Å². The van der Waals surface area contributed by atoms with E-state index in [9.17, 15) is 10.1 Å². The molecule has 0 spiro atoms. The number of morpholine rings is 1. The SMILES string of the molecule is Cc1cc(CCCN2CCOCC2)ccc1[N+](=O)[O-]. The molecule has 1 saturated heterocycles. The third kappa shape index (κ3) is 4.01. The van der Waals surface area contributed by atoms with E-state index in [1.165, 1.54) is 5.56 Å². The second-order valence-corrected chi connectivity index (χ2v) is 4.94. The minimum atomic E-state index is -0.327. The summed E-state index contributed by atoms with van der Waals surface area (Å²) in [6.45, 7) is 6.55. The van der Waals surface area contributed by atoms with Gasteiger partial charge >= 0.3 is 0 Å². The second kappa shape index (κ2) is 6.63. The Bertz CT molecular complexity index is 442. The van der Waals surface area contributed by atoms with Crippen LogP contribution in [0, 0.1) is 17.0 Å². The van der Waals surface area contributed by atoms with Crippen LogP contribution in [0.4, 0.5) is 5.69 Å². The van der Waals surface area contributed by atoms with Gasteiger partial charge in [0.1, 0.15) is 0 Å². The number of ether oxygens (including phenoxy) is 1. The minimum Gasteiger partial charge on any atom is -0.379 e. The van der Waals surface area contributed by atoms with E-state index in [0.29, 0.717) is 0 Å². The molecule has 0 radical (unpaired) electrons. The summed E-state index contributed by atoms with van der Waals surface area (Å²) >= 11 is 0. The van der Waals surface area contributed by atoms with Crippen LogP contribution >= 0.6 is 0 Å². The summed E-state index contributed by atoms with van der Waals surface area (Å²) in [6, 6.07) is 5.40. The second-order valence-electron chi connectivity index (χ2n) is 4.94. The number of nitro groups is 1. The Morgan fingerprint density at radius 2 is 2.11 bits per heavy atom. The van der Waals surface area contributed by atoms with Crippen molar-refractivity contribution in [1.82, 2.24) is 4.90 Å². The molecule has 0 atom stereocenters. The molecule has 1 heterocycles. The van der Waals surface area contributed by atoms with Crippen molar-refractivity contribution < 1.29 is 9.66 Å². The average molecular weight is 264 g/mol. The van der Waals surface area contributed by atoms with Gasteiger partial charge in [-0.25, -0.2) is 0 Å². The maximum atomic E-state index is 10.7. The van der Waals surface area contributed by atoms with E-state index in [1.54, 1.807) is 13.0 Å². The van der Waals surface area contributed by atoms with E-state index in [0.717, 1.165) is 51.3 Å². The zero-order valence-electron chi connectivity index (χ0n) is 11.3. The van der Waals surface area contributed by atoms with Crippen molar-refractivity contribution in [1.29, 1.82) is 0 Å². The summed E-state index contributed by atoms with van der Waals surface area (Å²) in [6.07, 6.45) is 2.05. The van der Waals surface area contributed by atoms with Crippen LogP contribution in [-0.4, -0.2) is 42.7 Å². The van der Waals surface area contributed by atoms with E-state index in [2.05, 4.69) is 4.90 Å². The number of rotatable bonds is 5. The van der Waals surface area contributed by atoms with Crippen LogP contribution in [0.5, 0.6) is 0 Å². The number of aryl methyl sites for hydroxylation is 2. The van der Waals surface area contributed by atoms with Crippen molar-refractivity contribution in [2.75, 3.05) is 32.8 Å². The van der Waals surface area contributed by atoms with Crippen molar-refractivity contribution in [2.45, 2.75) is 19.8 Å². The van der Waals surface area contributed by atoms with Crippen molar-refractivity contribution in [3.05, 3.63) is 39.4 Å². The van der Waals surface area contributed by atoms with Gasteiger partial charge in [0.15, 0.2) is 0 Å². The van der Waals surface area contributed by atoms with Gasteiger partial charge in [0, 0.05) is 24.7 Å². The number of nitro benzene ring substituents is 1. The van der Waals surface area contributed by atoms with Crippen molar-refractivity contribution >= 4 is 5.69 Å². The first-order chi connectivity index (χ1) is 9.16. The minimum absolute atomic E-state index is 0.205. The fourth-order valence-electron chi connectivity index (χ4n) is 2.41. The highest BCUT2D eigenvalue weighted by Crippen LogP contribution is 2.19. The quantitative estimate of drug-likeness (QED) is 0.604. The van der Waals surface area contributed by atoms with Gasteiger partial charge in [-0.2, -0.15) is 0 Å². The monoisotopic (exact) mass is 264 g/mol. The molecule has 0 N–H and O–H groups in total. The lowest BCUT2D eigenvalue weighted by Gasteiger charge is -2.26. The Morgan fingerprint density at radius 3 is 2.74 bits per heavy atom. The zero-order chi connectivity index (χ0) is 13.7. The van der Waals surface area contributed by atoms with Crippen LogP contribution in [0.3, 0.4) is 0 Å². The molecule has 1 aliphatic heterocycles. The standard InChI is InChI=1S/C14H20N2O3/c1-12-11-13(4-5-14(12)16(17)18)3-2-6-15-7-9-19-10-8-15/h4-5,11H,2-3,6-10H2,1H3. The molecule has 0 unspecified atom stereocenters. The van der Waals surface area contributed by atoms with Crippen LogP contribution in [0.15, 0.2) is 18.2 Å². The molecular weight excluding hydrogens is 244 g/mol. The summed E-state index contributed by atoms with van der Waals surface area (Å²) in [5.74, 6) is 0. The first-order valence-electron chi connectivity index (χ1n) is 6.71. The average Bonchev–Trinajstić information content (AvgIpc) is 2.39. The molecular formula is C14H20N2O3. The van der Waals surface area contributed by atoms with Gasteiger partial charge in [0.2, 0.25) is 0 Å². The highest BCUT2D eigenvalue weighted by molar-refractivity contribution is 5.41. The van der Waals surface area contributed by atoms with Crippen LogP contribution in [0.1, 0.15) is 17.5 Å². The van der Waals surface area contributed by atoms with E-state index < -0.39 is 0 Å². The maximum Gasteiger partial charge on any atom is 0.272 e. The molecule has 5 heteroatoms. The number of nitrogens with zero attached hydrogens (tertiary/aromatic N) is 2. The first-order valence-corrected chi connectivity index (χ1v) is 6.71. The Kier molecular flexibility index (Phi) is 4.87. The predicted octanol–water partition coefficient (Wildman–Crippen LogP) is 2.17. The summed E-state index contributed by atoms with van der Waals surface area (Å²) in [7, 11) is 0. The fraction of sp³-hybridized carbons (Fsp3) is 0.571. The molecule has 1 aromatic rings. The molecule has 2 rings (SSSR count). The molecule has 104 valence electrons. The smallest absolute Gasteiger partial charge is 0.272 e. The number of hydrogen-bond donors (Lipinski definition) is 0. The van der Waals surface area contributed by atoms with Gasteiger partial charge in [0.25, 0.3) is 5.69 Å². The topological polar surface area (TPSA) is 55.6 Å². The summed E-state index contributed by atoms with van der Waals surface area (Å²) < 4.78 is 5.31. The summed E-state index contributed by atoms with van der Waals surface area (Å²) in [4.78, 5) is 12.8. The third-order valence-electron chi connectivity index (χ3n) is 3.50. The maximum absolute atomic E-state index is 10.7. The fourth-order valence-corrected chi connectivity index (χ4v) is 2.41. The van der Waals surface area contributed by atoms with E-state index >= 15 is 0 Å². The molecule has 5 nitrogen and oxygen atoms in total. The molecule has 0 amide bonds. The predicted molar refractivity (Wildman–Crippen MR) is 73.4 cm³/mol. The van der Waals surface area contributed by atoms with Crippen molar-refractivity contribution in [3.8, 4) is 0 Å². The normalized spacial score (nSPS) is 16.5. The van der Waals surface area contributed by atoms with Gasteiger partial charge < -0.3 is 4.74 Å². The Hall–Kier alpha value is -1.46. The molecule has 1 fully saturated rings. The van der Waals surface area contributed by atoms with Gasteiger partial charge in [0.05, 0.1) is 18.1 Å². The van der Waals surface area contributed by atoms with Crippen LogP contribution in [0.25, 0.3) is 0 Å². The number of benzene rings is 1. The lowest BCUT2D eigenvalue weighted by atomic mass is 10.1. The Labute approximate surface area is 113 Å². The zero-order valence-corrected chi connectivity index (χ0v) is 11.3. The van der Waals surface area contributed by atoms with Gasteiger partial charge in [-0.3, -0.25) is 15.0 Å². The lowest BCUT2D eigenvalue weighted by molar-refractivity contribution is -0.385. The van der Waals surface area contributed by atoms with E-state index in [1.807, 2.05) is 12.1 Å². The largest absolute Gasteiger partial charge is 0.379 e. The molecule has 1 aliphatic rings. The summed E-state index contributed by atoms with van der Waals surface area (Å²) in [5, 5.41) is 10.7. The van der Waals surface area contributed by atoms with E-state index in [-0.39, 0.29) is 10.6 Å². The summed E-state index contributed by atoms with van der Waals surface area (Å²) in [5.41, 5.74) is 2.13. The molecule has 0 aromatic heterocycles. The van der Waals surface area contributed by atoms with E-state index in [4.69, 9.17) is 4.74 Å². The Balaban J connectivity index is 1.82. The van der Waals surface area contributed by atoms with Crippen LogP contribution in [-0.2, 0) is 11.2 Å². The van der Waals surface area contributed by atoms with Gasteiger partial charge in [-0.1, -0.05) is 6.07 Å². The molecule has 0 saturated carbocycles.